The van der Waals surface area contributed by atoms with Crippen LogP contribution < -0.4 is 0 Å². The molecular weight excluding hydrogens is 484 g/mol. The van der Waals surface area contributed by atoms with Crippen LogP contribution in [-0.2, 0) is 10.8 Å². The van der Waals surface area contributed by atoms with E-state index < -0.39 is 0 Å². The lowest BCUT2D eigenvalue weighted by Crippen LogP contribution is -2.13. The molecule has 5 aromatic rings. The van der Waals surface area contributed by atoms with Gasteiger partial charge in [-0.15, -0.1) is 11.3 Å². The van der Waals surface area contributed by atoms with Gasteiger partial charge in [-0.05, 0) is 69.2 Å². The molecule has 0 fully saturated rings. The van der Waals surface area contributed by atoms with Crippen molar-refractivity contribution in [1.29, 1.82) is 0 Å². The Morgan fingerprint density at radius 1 is 0.632 bits per heavy atom. The zero-order chi connectivity index (χ0) is 27.6. The van der Waals surface area contributed by atoms with Gasteiger partial charge in [0.25, 0.3) is 0 Å². The molecule has 1 aromatic heterocycles. The molecule has 2 nitrogen and oxygen atoms in total. The van der Waals surface area contributed by atoms with Gasteiger partial charge in [-0.3, -0.25) is 0 Å². The van der Waals surface area contributed by atoms with Gasteiger partial charge in [0.2, 0.25) is 0 Å². The minimum Gasteiger partial charge on any atom is -0.507 e. The molecule has 0 unspecified atom stereocenters. The Labute approximate surface area is 230 Å². The summed E-state index contributed by atoms with van der Waals surface area (Å²) in [7, 11) is 0. The number of aromatic hydroxyl groups is 2. The van der Waals surface area contributed by atoms with E-state index in [-0.39, 0.29) is 16.7 Å². The normalized spacial score (nSPS) is 12.7. The molecule has 5 rings (SSSR count). The lowest BCUT2D eigenvalue weighted by atomic mass is 9.78. The Kier molecular flexibility index (Phi) is 6.35. The van der Waals surface area contributed by atoms with Crippen molar-refractivity contribution in [1.82, 2.24) is 0 Å². The van der Waals surface area contributed by atoms with E-state index in [2.05, 4.69) is 115 Å². The first-order valence-corrected chi connectivity index (χ1v) is 14.2. The number of fused-ring (bicyclic) bond motifs is 2. The third-order valence-electron chi connectivity index (χ3n) is 7.81. The summed E-state index contributed by atoms with van der Waals surface area (Å²) in [4.78, 5) is 1.09. The van der Waals surface area contributed by atoms with Gasteiger partial charge in [0, 0.05) is 26.8 Å². The molecule has 0 saturated carbocycles. The fourth-order valence-corrected chi connectivity index (χ4v) is 6.80. The number of rotatable bonds is 3. The lowest BCUT2D eigenvalue weighted by molar-refractivity contribution is 0.463. The topological polar surface area (TPSA) is 40.5 Å². The molecule has 0 saturated heterocycles. The summed E-state index contributed by atoms with van der Waals surface area (Å²) in [6, 6.07) is 21.0. The SMILES string of the molecule is Cc1cc(C(c2cccs2)c2cc(C)c3cccc(C(C)(C)C)c3c2O)c(O)c2c(C(C)(C)C)cccc12. The Morgan fingerprint density at radius 3 is 1.45 bits per heavy atom. The fraction of sp³-hybridized carbons (Fsp3) is 0.314. The third-order valence-corrected chi connectivity index (χ3v) is 8.75. The quantitative estimate of drug-likeness (QED) is 0.247. The van der Waals surface area contributed by atoms with Crippen LogP contribution in [0.25, 0.3) is 21.5 Å². The van der Waals surface area contributed by atoms with Gasteiger partial charge >= 0.3 is 0 Å². The largest absolute Gasteiger partial charge is 0.507 e. The second kappa shape index (κ2) is 9.17. The van der Waals surface area contributed by atoms with Crippen molar-refractivity contribution in [3.05, 3.63) is 104 Å². The number of thiophene rings is 1. The molecule has 38 heavy (non-hydrogen) atoms. The highest BCUT2D eigenvalue weighted by molar-refractivity contribution is 7.10. The molecule has 196 valence electrons. The fourth-order valence-electron chi connectivity index (χ4n) is 5.94. The van der Waals surface area contributed by atoms with E-state index in [0.29, 0.717) is 11.5 Å². The minimum absolute atomic E-state index is 0.135. The highest BCUT2D eigenvalue weighted by Crippen LogP contribution is 2.50. The van der Waals surface area contributed by atoms with Crippen molar-refractivity contribution in [2.24, 2.45) is 0 Å². The molecule has 0 aliphatic rings. The van der Waals surface area contributed by atoms with E-state index in [1.54, 1.807) is 11.3 Å². The molecule has 0 amide bonds. The first-order valence-electron chi connectivity index (χ1n) is 13.4. The first kappa shape index (κ1) is 26.3. The van der Waals surface area contributed by atoms with E-state index in [4.69, 9.17) is 0 Å². The van der Waals surface area contributed by atoms with E-state index in [1.807, 2.05) is 6.07 Å². The van der Waals surface area contributed by atoms with Crippen LogP contribution in [0, 0.1) is 13.8 Å². The highest BCUT2D eigenvalue weighted by Gasteiger charge is 2.30. The maximum atomic E-state index is 12.0. The van der Waals surface area contributed by atoms with E-state index >= 15 is 0 Å². The zero-order valence-corrected chi connectivity index (χ0v) is 24.5. The van der Waals surface area contributed by atoms with Gasteiger partial charge in [0.15, 0.2) is 0 Å². The van der Waals surface area contributed by atoms with E-state index in [1.165, 1.54) is 0 Å². The highest BCUT2D eigenvalue weighted by atomic mass is 32.1. The summed E-state index contributed by atoms with van der Waals surface area (Å²) >= 11 is 1.66. The molecule has 0 aliphatic heterocycles. The van der Waals surface area contributed by atoms with Crippen molar-refractivity contribution in [3.63, 3.8) is 0 Å². The van der Waals surface area contributed by atoms with Crippen molar-refractivity contribution >= 4 is 32.9 Å². The van der Waals surface area contributed by atoms with Crippen molar-refractivity contribution in [3.8, 4) is 11.5 Å². The third kappa shape index (κ3) is 4.27. The van der Waals surface area contributed by atoms with Crippen LogP contribution in [0.4, 0.5) is 0 Å². The average Bonchev–Trinajstić information content (AvgIpc) is 3.38. The molecule has 0 spiro atoms. The van der Waals surface area contributed by atoms with Gasteiger partial charge in [-0.1, -0.05) is 96.1 Å². The molecule has 0 radical (unpaired) electrons. The van der Waals surface area contributed by atoms with Gasteiger partial charge < -0.3 is 10.2 Å². The van der Waals surface area contributed by atoms with Crippen molar-refractivity contribution in [2.75, 3.05) is 0 Å². The number of hydrogen-bond acceptors (Lipinski definition) is 3. The number of aryl methyl sites for hydroxylation is 2. The summed E-state index contributed by atoms with van der Waals surface area (Å²) in [5, 5.41) is 30.1. The van der Waals surface area contributed by atoms with Crippen LogP contribution >= 0.6 is 11.3 Å². The maximum absolute atomic E-state index is 12.0. The van der Waals surface area contributed by atoms with Crippen molar-refractivity contribution < 1.29 is 10.2 Å². The minimum atomic E-state index is -0.303. The molecule has 0 bridgehead atoms. The average molecular weight is 523 g/mol. The Hall–Kier alpha value is -3.30. The summed E-state index contributed by atoms with van der Waals surface area (Å²) in [6.07, 6.45) is 0. The number of phenolic OH excluding ortho intramolecular Hbond substituents is 2. The number of phenols is 2. The second-order valence-electron chi connectivity index (χ2n) is 12.7. The van der Waals surface area contributed by atoms with Gasteiger partial charge in [0.05, 0.1) is 5.92 Å². The lowest BCUT2D eigenvalue weighted by Gasteiger charge is -2.27. The molecule has 0 atom stereocenters. The van der Waals surface area contributed by atoms with Crippen LogP contribution in [0.5, 0.6) is 11.5 Å². The standard InChI is InChI=1S/C35H38O2S/c1-20-18-24(32(36)30-22(20)12-9-14-26(30)34(3,4)5)29(28-16-11-17-38-28)25-19-21(2)23-13-10-15-27(35(6,7)8)31(23)33(25)37/h9-19,29,36-37H,1-8H3. The second-order valence-corrected chi connectivity index (χ2v) is 13.6. The van der Waals surface area contributed by atoms with Crippen LogP contribution in [0.2, 0.25) is 0 Å². The van der Waals surface area contributed by atoms with Crippen molar-refractivity contribution in [2.45, 2.75) is 72.1 Å². The molecule has 1 heterocycles. The first-order chi connectivity index (χ1) is 17.8. The smallest absolute Gasteiger partial charge is 0.127 e. The zero-order valence-electron chi connectivity index (χ0n) is 23.7. The van der Waals surface area contributed by atoms with E-state index in [9.17, 15) is 10.2 Å². The summed E-state index contributed by atoms with van der Waals surface area (Å²) in [6.45, 7) is 17.4. The molecule has 2 N–H and O–H groups in total. The molecule has 4 aromatic carbocycles. The number of benzene rings is 4. The predicted octanol–water partition coefficient (Wildman–Crippen LogP) is 9.86. The molecular formula is C35H38O2S. The van der Waals surface area contributed by atoms with E-state index in [0.717, 1.165) is 59.8 Å². The Morgan fingerprint density at radius 2 is 1.08 bits per heavy atom. The van der Waals surface area contributed by atoms with Crippen LogP contribution in [0.3, 0.4) is 0 Å². The molecule has 3 heteroatoms. The molecule has 0 aliphatic carbocycles. The van der Waals surface area contributed by atoms with Gasteiger partial charge in [-0.2, -0.15) is 0 Å². The maximum Gasteiger partial charge on any atom is 0.127 e. The number of hydrogen-bond donors (Lipinski definition) is 2. The monoisotopic (exact) mass is 522 g/mol. The van der Waals surface area contributed by atoms with Crippen LogP contribution in [0.15, 0.2) is 66.0 Å². The van der Waals surface area contributed by atoms with Gasteiger partial charge in [-0.25, -0.2) is 0 Å². The van der Waals surface area contributed by atoms with Crippen LogP contribution in [0.1, 0.15) is 85.7 Å². The summed E-state index contributed by atoms with van der Waals surface area (Å²) in [5.74, 6) is 0.300. The Balaban J connectivity index is 1.91. The predicted molar refractivity (Wildman–Crippen MR) is 163 cm³/mol. The van der Waals surface area contributed by atoms with Crippen LogP contribution in [-0.4, -0.2) is 10.2 Å². The van der Waals surface area contributed by atoms with Gasteiger partial charge in [0.1, 0.15) is 11.5 Å². The summed E-state index contributed by atoms with van der Waals surface area (Å²) in [5.41, 5.74) is 5.87. The Bertz CT molecular complexity index is 1550. The summed E-state index contributed by atoms with van der Waals surface area (Å²) < 4.78 is 0.